The number of halogens is 1. The molecule has 1 aromatic carbocycles. The molecule has 0 aliphatic rings. The summed E-state index contributed by atoms with van der Waals surface area (Å²) in [6.07, 6.45) is 1.57. The zero-order valence-corrected chi connectivity index (χ0v) is 12.5. The van der Waals surface area contributed by atoms with E-state index in [9.17, 15) is 0 Å². The number of benzene rings is 1. The highest BCUT2D eigenvalue weighted by atomic mass is 35.5. The first kappa shape index (κ1) is 14.8. The minimum absolute atomic E-state index is 0.541. The molecule has 2 aromatic rings. The van der Waals surface area contributed by atoms with Crippen LogP contribution >= 0.6 is 11.6 Å². The van der Waals surface area contributed by atoms with Gasteiger partial charge in [0.05, 0.1) is 0 Å². The lowest BCUT2D eigenvalue weighted by molar-refractivity contribution is 0.631. The van der Waals surface area contributed by atoms with Crippen LogP contribution in [0.1, 0.15) is 30.9 Å². The second kappa shape index (κ2) is 6.68. The van der Waals surface area contributed by atoms with E-state index in [1.165, 1.54) is 0 Å². The summed E-state index contributed by atoms with van der Waals surface area (Å²) in [4.78, 5) is 9.00. The van der Waals surface area contributed by atoms with Gasteiger partial charge in [-0.05, 0) is 30.0 Å². The molecule has 3 N–H and O–H groups in total. The van der Waals surface area contributed by atoms with Crippen LogP contribution in [-0.4, -0.2) is 9.97 Å². The summed E-state index contributed by atoms with van der Waals surface area (Å²) in [6.45, 7) is 4.33. The Morgan fingerprint density at radius 2 is 1.90 bits per heavy atom. The fraction of sp³-hybridized carbons (Fsp3) is 0.333. The number of nitrogens with zero attached hydrogens (tertiary/aromatic N) is 2. The van der Waals surface area contributed by atoms with Gasteiger partial charge >= 0.3 is 0 Å². The topological polar surface area (TPSA) is 63.8 Å². The number of nitrogens with one attached hydrogen (secondary N) is 1. The van der Waals surface area contributed by atoms with Gasteiger partial charge in [0, 0.05) is 23.2 Å². The summed E-state index contributed by atoms with van der Waals surface area (Å²) in [5.41, 5.74) is 4.73. The number of nitrogens with two attached hydrogens (primary N) is 1. The molecule has 0 amide bonds. The van der Waals surface area contributed by atoms with E-state index >= 15 is 0 Å². The standard InChI is InChI=1S/C15H19ClN4/c1-10(2)7-13-9-15(20-17)19-14(18-13)8-11-3-5-12(16)6-4-11/h3-6,9-10H,7-8,17H2,1-2H3,(H,18,19,20). The van der Waals surface area contributed by atoms with Crippen LogP contribution in [0.15, 0.2) is 30.3 Å². The van der Waals surface area contributed by atoms with Crippen molar-refractivity contribution in [3.63, 3.8) is 0 Å². The zero-order valence-electron chi connectivity index (χ0n) is 11.7. The molecule has 106 valence electrons. The number of nitrogen functional groups attached to an aromatic ring is 1. The molecule has 5 heteroatoms. The lowest BCUT2D eigenvalue weighted by Crippen LogP contribution is -2.12. The molecule has 0 aliphatic carbocycles. The summed E-state index contributed by atoms with van der Waals surface area (Å²) in [6, 6.07) is 9.60. The van der Waals surface area contributed by atoms with E-state index < -0.39 is 0 Å². The van der Waals surface area contributed by atoms with Crippen LogP contribution in [-0.2, 0) is 12.8 Å². The molecule has 0 saturated carbocycles. The van der Waals surface area contributed by atoms with E-state index in [-0.39, 0.29) is 0 Å². The van der Waals surface area contributed by atoms with Crippen LogP contribution < -0.4 is 11.3 Å². The molecule has 4 nitrogen and oxygen atoms in total. The second-order valence-corrected chi connectivity index (χ2v) is 5.64. The molecule has 1 heterocycles. The highest BCUT2D eigenvalue weighted by molar-refractivity contribution is 6.30. The van der Waals surface area contributed by atoms with Crippen molar-refractivity contribution in [2.45, 2.75) is 26.7 Å². The van der Waals surface area contributed by atoms with Crippen molar-refractivity contribution in [2.75, 3.05) is 5.43 Å². The fourth-order valence-corrected chi connectivity index (χ4v) is 2.14. The first-order valence-electron chi connectivity index (χ1n) is 6.64. The second-order valence-electron chi connectivity index (χ2n) is 5.21. The molecule has 1 aromatic heterocycles. The molecule has 20 heavy (non-hydrogen) atoms. The number of anilines is 1. The zero-order chi connectivity index (χ0) is 14.5. The number of aromatic nitrogens is 2. The number of hydrogen-bond acceptors (Lipinski definition) is 4. The van der Waals surface area contributed by atoms with E-state index in [2.05, 4.69) is 29.2 Å². The van der Waals surface area contributed by atoms with Crippen molar-refractivity contribution >= 4 is 17.4 Å². The Labute approximate surface area is 124 Å². The van der Waals surface area contributed by atoms with Crippen LogP contribution in [0.2, 0.25) is 5.02 Å². The van der Waals surface area contributed by atoms with Crippen LogP contribution in [0.3, 0.4) is 0 Å². The summed E-state index contributed by atoms with van der Waals surface area (Å²) in [5.74, 6) is 7.43. The van der Waals surface area contributed by atoms with E-state index in [0.717, 1.165) is 28.5 Å². The summed E-state index contributed by atoms with van der Waals surface area (Å²) in [7, 11) is 0. The summed E-state index contributed by atoms with van der Waals surface area (Å²) >= 11 is 5.89. The normalized spacial score (nSPS) is 10.8. The molecular weight excluding hydrogens is 272 g/mol. The Morgan fingerprint density at radius 1 is 1.20 bits per heavy atom. The molecule has 0 bridgehead atoms. The lowest BCUT2D eigenvalue weighted by Gasteiger charge is -2.09. The Bertz CT molecular complexity index is 567. The first-order chi connectivity index (χ1) is 9.56. The molecule has 0 unspecified atom stereocenters. The molecule has 2 rings (SSSR count). The summed E-state index contributed by atoms with van der Waals surface area (Å²) in [5, 5.41) is 0.729. The van der Waals surface area contributed by atoms with Gasteiger partial charge in [-0.1, -0.05) is 37.6 Å². The lowest BCUT2D eigenvalue weighted by atomic mass is 10.1. The molecule has 0 spiro atoms. The molecule has 0 radical (unpaired) electrons. The van der Waals surface area contributed by atoms with E-state index in [0.29, 0.717) is 18.2 Å². The molecule has 0 atom stereocenters. The minimum Gasteiger partial charge on any atom is -0.308 e. The summed E-state index contributed by atoms with van der Waals surface area (Å²) < 4.78 is 0. The third-order valence-corrected chi connectivity index (χ3v) is 3.12. The predicted molar refractivity (Wildman–Crippen MR) is 82.6 cm³/mol. The van der Waals surface area contributed by atoms with Gasteiger partial charge in [-0.25, -0.2) is 15.8 Å². The van der Waals surface area contributed by atoms with Crippen molar-refractivity contribution in [1.82, 2.24) is 9.97 Å². The van der Waals surface area contributed by atoms with Gasteiger partial charge in [-0.15, -0.1) is 0 Å². The van der Waals surface area contributed by atoms with E-state index in [1.54, 1.807) is 0 Å². The van der Waals surface area contributed by atoms with E-state index in [4.69, 9.17) is 17.4 Å². The largest absolute Gasteiger partial charge is 0.308 e. The Balaban J connectivity index is 2.23. The maximum Gasteiger partial charge on any atom is 0.143 e. The predicted octanol–water partition coefficient (Wildman–Crippen LogP) is 3.20. The van der Waals surface area contributed by atoms with Crippen LogP contribution in [0.25, 0.3) is 0 Å². The molecule has 0 fully saturated rings. The quantitative estimate of drug-likeness (QED) is 0.656. The molecule has 0 saturated heterocycles. The average Bonchev–Trinajstić information content (AvgIpc) is 2.40. The molecule has 0 aliphatic heterocycles. The van der Waals surface area contributed by atoms with Crippen LogP contribution in [0.4, 0.5) is 5.82 Å². The van der Waals surface area contributed by atoms with Gasteiger partial charge in [0.25, 0.3) is 0 Å². The van der Waals surface area contributed by atoms with Crippen molar-refractivity contribution in [3.8, 4) is 0 Å². The average molecular weight is 291 g/mol. The molecular formula is C15H19ClN4. The van der Waals surface area contributed by atoms with E-state index in [1.807, 2.05) is 30.3 Å². The highest BCUT2D eigenvalue weighted by Crippen LogP contribution is 2.15. The minimum atomic E-state index is 0.541. The fourth-order valence-electron chi connectivity index (χ4n) is 2.01. The Hall–Kier alpha value is -1.65. The van der Waals surface area contributed by atoms with Gasteiger partial charge in [0.15, 0.2) is 0 Å². The smallest absolute Gasteiger partial charge is 0.143 e. The highest BCUT2D eigenvalue weighted by Gasteiger charge is 2.07. The van der Waals surface area contributed by atoms with Gasteiger partial charge in [-0.2, -0.15) is 0 Å². The monoisotopic (exact) mass is 290 g/mol. The number of hydrogen-bond donors (Lipinski definition) is 2. The van der Waals surface area contributed by atoms with Gasteiger partial charge in [0.2, 0.25) is 0 Å². The van der Waals surface area contributed by atoms with Crippen LogP contribution in [0.5, 0.6) is 0 Å². The van der Waals surface area contributed by atoms with Crippen LogP contribution in [0, 0.1) is 5.92 Å². The first-order valence-corrected chi connectivity index (χ1v) is 7.02. The van der Waals surface area contributed by atoms with Crippen molar-refractivity contribution < 1.29 is 0 Å². The Kier molecular flexibility index (Phi) is 4.93. The number of rotatable bonds is 5. The van der Waals surface area contributed by atoms with Crippen molar-refractivity contribution in [1.29, 1.82) is 0 Å². The number of hydrazine groups is 1. The van der Waals surface area contributed by atoms with Gasteiger partial charge in [-0.3, -0.25) is 0 Å². The maximum absolute atomic E-state index is 5.89. The van der Waals surface area contributed by atoms with Gasteiger partial charge in [0.1, 0.15) is 11.6 Å². The third-order valence-electron chi connectivity index (χ3n) is 2.87. The Morgan fingerprint density at radius 3 is 2.50 bits per heavy atom. The SMILES string of the molecule is CC(C)Cc1cc(NN)nc(Cc2ccc(Cl)cc2)n1. The van der Waals surface area contributed by atoms with Crippen molar-refractivity contribution in [2.24, 2.45) is 11.8 Å². The van der Waals surface area contributed by atoms with Crippen molar-refractivity contribution in [3.05, 3.63) is 52.4 Å². The maximum atomic E-state index is 5.89. The third kappa shape index (κ3) is 4.18. The van der Waals surface area contributed by atoms with Gasteiger partial charge < -0.3 is 5.43 Å².